The van der Waals surface area contributed by atoms with Crippen LogP contribution in [0.2, 0.25) is 0 Å². The molecule has 6 nitrogen and oxygen atoms in total. The highest BCUT2D eigenvalue weighted by Gasteiger charge is 2.22. The smallest absolute Gasteiger partial charge is 0.288 e. The minimum absolute atomic E-state index is 0.118. The number of amides is 1. The van der Waals surface area contributed by atoms with Gasteiger partial charge in [0.2, 0.25) is 5.91 Å². The number of ether oxygens (including phenoxy) is 1. The molecule has 0 bridgehead atoms. The first kappa shape index (κ1) is 22.3. The van der Waals surface area contributed by atoms with Gasteiger partial charge < -0.3 is 10.1 Å². The molecule has 1 aliphatic heterocycles. The maximum Gasteiger partial charge on any atom is 0.288 e. The molecule has 31 heavy (non-hydrogen) atoms. The second kappa shape index (κ2) is 10.6. The molecule has 0 radical (unpaired) electrons. The molecule has 0 saturated carbocycles. The van der Waals surface area contributed by atoms with Crippen LogP contribution in [0.4, 0.5) is 14.5 Å². The van der Waals surface area contributed by atoms with Crippen molar-refractivity contribution in [3.05, 3.63) is 41.8 Å². The van der Waals surface area contributed by atoms with Gasteiger partial charge in [-0.1, -0.05) is 29.6 Å². The Hall–Kier alpha value is -1.95. The Bertz CT molecular complexity index is 991. The van der Waals surface area contributed by atoms with Crippen molar-refractivity contribution < 1.29 is 18.3 Å². The molecule has 164 valence electrons. The van der Waals surface area contributed by atoms with Crippen LogP contribution in [0.15, 0.2) is 51.8 Å². The first-order valence-corrected chi connectivity index (χ1v) is 12.4. The minimum atomic E-state index is -2.47. The molecule has 0 unspecified atom stereocenters. The Morgan fingerprint density at radius 2 is 2.13 bits per heavy atom. The molecule has 0 aliphatic carbocycles. The highest BCUT2D eigenvalue weighted by atomic mass is 32.2. The molecular weight excluding hydrogens is 462 g/mol. The van der Waals surface area contributed by atoms with Crippen molar-refractivity contribution in [3.8, 4) is 10.7 Å². The number of alkyl halides is 2. The number of aromatic nitrogens is 3. The van der Waals surface area contributed by atoms with Crippen LogP contribution in [0, 0.1) is 0 Å². The lowest BCUT2D eigenvalue weighted by Gasteiger charge is -2.14. The van der Waals surface area contributed by atoms with Crippen molar-refractivity contribution in [1.29, 1.82) is 0 Å². The molecule has 3 aromatic rings. The van der Waals surface area contributed by atoms with Crippen LogP contribution >= 0.6 is 34.9 Å². The van der Waals surface area contributed by atoms with Gasteiger partial charge in [-0.05, 0) is 48.6 Å². The largest absolute Gasteiger partial charge is 0.376 e. The van der Waals surface area contributed by atoms with E-state index in [1.165, 1.54) is 11.8 Å². The Morgan fingerprint density at radius 1 is 1.29 bits per heavy atom. The number of benzene rings is 1. The summed E-state index contributed by atoms with van der Waals surface area (Å²) >= 11 is 3.37. The average Bonchev–Trinajstić information content (AvgIpc) is 3.50. The van der Waals surface area contributed by atoms with E-state index in [-0.39, 0.29) is 17.8 Å². The van der Waals surface area contributed by atoms with Gasteiger partial charge in [0, 0.05) is 17.2 Å². The van der Waals surface area contributed by atoms with E-state index < -0.39 is 5.76 Å². The molecular formula is C20H20F2N4O2S3. The summed E-state index contributed by atoms with van der Waals surface area (Å²) in [6.45, 7) is 1.41. The summed E-state index contributed by atoms with van der Waals surface area (Å²) in [6.07, 6.45) is 2.15. The van der Waals surface area contributed by atoms with E-state index in [2.05, 4.69) is 15.5 Å². The quantitative estimate of drug-likeness (QED) is 0.421. The normalized spacial score (nSPS) is 16.2. The Balaban J connectivity index is 1.39. The molecule has 11 heteroatoms. The van der Waals surface area contributed by atoms with Gasteiger partial charge in [0.15, 0.2) is 11.0 Å². The summed E-state index contributed by atoms with van der Waals surface area (Å²) in [4.78, 5) is 13.9. The van der Waals surface area contributed by atoms with Gasteiger partial charge in [0.1, 0.15) is 0 Å². The standard InChI is InChI=1S/C20H20F2N4O2S3/c21-19(22)31-15-7-5-13(6-8-15)23-17(27)12-30-20-25-24-18(16-4-2-10-29-16)26(20)11-14-3-1-9-28-14/h2,4-8,10,14,19H,1,3,9,11-12H2,(H,23,27)/t14-/m1/s1. The number of hydrogen-bond acceptors (Lipinski definition) is 7. The number of anilines is 1. The number of rotatable bonds is 9. The van der Waals surface area contributed by atoms with Crippen molar-refractivity contribution >= 4 is 46.5 Å². The zero-order chi connectivity index (χ0) is 21.6. The van der Waals surface area contributed by atoms with Crippen molar-refractivity contribution in [2.24, 2.45) is 0 Å². The number of nitrogens with one attached hydrogen (secondary N) is 1. The average molecular weight is 483 g/mol. The highest BCUT2D eigenvalue weighted by Crippen LogP contribution is 2.29. The SMILES string of the molecule is O=C(CSc1nnc(-c2cccs2)n1C[C@H]1CCCO1)Nc1ccc(SC(F)F)cc1. The van der Waals surface area contributed by atoms with Gasteiger partial charge in [-0.3, -0.25) is 9.36 Å². The number of nitrogens with zero attached hydrogens (tertiary/aromatic N) is 3. The third-order valence-corrected chi connectivity index (χ3v) is 7.12. The summed E-state index contributed by atoms with van der Waals surface area (Å²) in [7, 11) is 0. The van der Waals surface area contributed by atoms with E-state index in [4.69, 9.17) is 4.74 Å². The van der Waals surface area contributed by atoms with Crippen LogP contribution in [-0.4, -0.2) is 44.9 Å². The topological polar surface area (TPSA) is 69.0 Å². The summed E-state index contributed by atoms with van der Waals surface area (Å²) in [5.74, 6) is -1.74. The second-order valence-corrected chi connectivity index (χ2v) is 9.72. The van der Waals surface area contributed by atoms with Crippen LogP contribution in [0.3, 0.4) is 0 Å². The lowest BCUT2D eigenvalue weighted by molar-refractivity contribution is -0.113. The summed E-state index contributed by atoms with van der Waals surface area (Å²) in [6, 6.07) is 10.3. The third kappa shape index (κ3) is 6.06. The molecule has 3 heterocycles. The van der Waals surface area contributed by atoms with Crippen LogP contribution in [0.1, 0.15) is 12.8 Å². The van der Waals surface area contributed by atoms with E-state index in [9.17, 15) is 13.6 Å². The molecule has 1 aromatic carbocycles. The number of hydrogen-bond donors (Lipinski definition) is 1. The predicted molar refractivity (Wildman–Crippen MR) is 120 cm³/mol. The van der Waals surface area contributed by atoms with E-state index in [0.29, 0.717) is 34.0 Å². The van der Waals surface area contributed by atoms with Gasteiger partial charge in [-0.2, -0.15) is 8.78 Å². The number of carbonyl (C=O) groups excluding carboxylic acids is 1. The third-order valence-electron chi connectivity index (χ3n) is 4.56. The Morgan fingerprint density at radius 3 is 2.81 bits per heavy atom. The van der Waals surface area contributed by atoms with Gasteiger partial charge >= 0.3 is 0 Å². The first-order valence-electron chi connectivity index (χ1n) is 9.64. The Kier molecular flexibility index (Phi) is 7.59. The lowest BCUT2D eigenvalue weighted by Crippen LogP contribution is -2.18. The van der Waals surface area contributed by atoms with Crippen molar-refractivity contribution in [1.82, 2.24) is 14.8 Å². The summed E-state index contributed by atoms with van der Waals surface area (Å²) < 4.78 is 32.6. The fourth-order valence-electron chi connectivity index (χ4n) is 3.19. The van der Waals surface area contributed by atoms with Crippen LogP contribution in [0.5, 0.6) is 0 Å². The lowest BCUT2D eigenvalue weighted by atomic mass is 10.2. The molecule has 1 atom stereocenters. The number of thiophene rings is 1. The monoisotopic (exact) mass is 482 g/mol. The zero-order valence-electron chi connectivity index (χ0n) is 16.4. The maximum atomic E-state index is 12.4. The van der Waals surface area contributed by atoms with Crippen LogP contribution < -0.4 is 5.32 Å². The van der Waals surface area contributed by atoms with Gasteiger partial charge in [0.25, 0.3) is 5.76 Å². The van der Waals surface area contributed by atoms with Crippen LogP contribution in [0.25, 0.3) is 10.7 Å². The van der Waals surface area contributed by atoms with Gasteiger partial charge in [-0.15, -0.1) is 21.5 Å². The molecule has 1 amide bonds. The predicted octanol–water partition coefficient (Wildman–Crippen LogP) is 5.23. The number of halogens is 2. The maximum absolute atomic E-state index is 12.4. The highest BCUT2D eigenvalue weighted by molar-refractivity contribution is 8.00. The molecule has 0 spiro atoms. The van der Waals surface area contributed by atoms with E-state index >= 15 is 0 Å². The minimum Gasteiger partial charge on any atom is -0.376 e. The fraction of sp³-hybridized carbons (Fsp3) is 0.350. The van der Waals surface area contributed by atoms with Crippen LogP contribution in [-0.2, 0) is 16.1 Å². The van der Waals surface area contributed by atoms with Crippen molar-refractivity contribution in [2.75, 3.05) is 17.7 Å². The molecule has 1 N–H and O–H groups in total. The molecule has 2 aromatic heterocycles. The summed E-state index contributed by atoms with van der Waals surface area (Å²) in [5, 5.41) is 14.1. The van der Waals surface area contributed by atoms with E-state index in [1.807, 2.05) is 22.1 Å². The molecule has 1 fully saturated rings. The van der Waals surface area contributed by atoms with E-state index in [1.54, 1.807) is 35.6 Å². The molecule has 1 aliphatic rings. The zero-order valence-corrected chi connectivity index (χ0v) is 18.8. The summed E-state index contributed by atoms with van der Waals surface area (Å²) in [5.41, 5.74) is 0.560. The fourth-order valence-corrected chi connectivity index (χ4v) is 5.15. The first-order chi connectivity index (χ1) is 15.1. The molecule has 1 saturated heterocycles. The number of carbonyl (C=O) groups is 1. The van der Waals surface area contributed by atoms with Crippen molar-refractivity contribution in [2.45, 2.75) is 41.3 Å². The van der Waals surface area contributed by atoms with Gasteiger partial charge in [-0.25, -0.2) is 0 Å². The van der Waals surface area contributed by atoms with Gasteiger partial charge in [0.05, 0.1) is 23.3 Å². The van der Waals surface area contributed by atoms with Crippen molar-refractivity contribution in [3.63, 3.8) is 0 Å². The number of thioether (sulfide) groups is 2. The Labute approximate surface area is 190 Å². The molecule has 4 rings (SSSR count). The second-order valence-electron chi connectivity index (χ2n) is 6.77. The van der Waals surface area contributed by atoms with E-state index in [0.717, 1.165) is 30.2 Å².